The van der Waals surface area contributed by atoms with Crippen molar-refractivity contribution in [2.75, 3.05) is 13.2 Å². The number of hydrogen-bond donors (Lipinski definition) is 1. The molecule has 0 bridgehead atoms. The zero-order valence-corrected chi connectivity index (χ0v) is 17.0. The number of nitrogens with zero attached hydrogens (tertiary/aromatic N) is 1. The average molecular weight is 402 g/mol. The molecular formula is C21H26N2O6. The number of ketones is 2. The third-order valence-electron chi connectivity index (χ3n) is 5.90. The highest BCUT2D eigenvalue weighted by molar-refractivity contribution is 6.05. The van der Waals surface area contributed by atoms with E-state index in [-0.39, 0.29) is 48.1 Å². The largest absolute Gasteiger partial charge is 0.457 e. The number of ether oxygens (including phenoxy) is 1. The monoisotopic (exact) mass is 402 g/mol. The van der Waals surface area contributed by atoms with Gasteiger partial charge in [-0.2, -0.15) is 0 Å². The van der Waals surface area contributed by atoms with Crippen LogP contribution in [0.15, 0.2) is 0 Å². The van der Waals surface area contributed by atoms with Gasteiger partial charge < -0.3 is 9.72 Å². The van der Waals surface area contributed by atoms with E-state index in [0.717, 1.165) is 25.7 Å². The molecule has 1 aliphatic carbocycles. The lowest BCUT2D eigenvalue weighted by Crippen LogP contribution is -2.33. The molecule has 1 aromatic rings. The number of aryl methyl sites for hydroxylation is 1. The second-order valence-electron chi connectivity index (χ2n) is 7.84. The Kier molecular flexibility index (Phi) is 6.00. The summed E-state index contributed by atoms with van der Waals surface area (Å²) in [6, 6.07) is 0. The molecule has 2 fully saturated rings. The van der Waals surface area contributed by atoms with Crippen molar-refractivity contribution in [3.05, 3.63) is 22.5 Å². The van der Waals surface area contributed by atoms with Crippen molar-refractivity contribution in [2.45, 2.75) is 52.9 Å². The second kappa shape index (κ2) is 8.31. The van der Waals surface area contributed by atoms with Crippen molar-refractivity contribution >= 4 is 29.4 Å². The molecule has 3 rings (SSSR count). The first-order valence-corrected chi connectivity index (χ1v) is 9.96. The predicted molar refractivity (Wildman–Crippen MR) is 102 cm³/mol. The zero-order chi connectivity index (χ0) is 21.3. The van der Waals surface area contributed by atoms with Gasteiger partial charge in [0.2, 0.25) is 17.6 Å². The second-order valence-corrected chi connectivity index (χ2v) is 7.84. The maximum absolute atomic E-state index is 12.4. The molecule has 2 atom stereocenters. The van der Waals surface area contributed by atoms with Gasteiger partial charge in [-0.05, 0) is 39.2 Å². The van der Waals surface area contributed by atoms with Gasteiger partial charge >= 0.3 is 5.97 Å². The number of aromatic amines is 1. The highest BCUT2D eigenvalue weighted by atomic mass is 16.5. The molecule has 1 saturated heterocycles. The number of amides is 2. The van der Waals surface area contributed by atoms with Crippen LogP contribution in [0.2, 0.25) is 0 Å². The Morgan fingerprint density at radius 1 is 1.07 bits per heavy atom. The Morgan fingerprint density at radius 2 is 1.66 bits per heavy atom. The van der Waals surface area contributed by atoms with Crippen molar-refractivity contribution in [1.82, 2.24) is 9.88 Å². The predicted octanol–water partition coefficient (Wildman–Crippen LogP) is 2.13. The lowest BCUT2D eigenvalue weighted by Gasteiger charge is -2.19. The summed E-state index contributed by atoms with van der Waals surface area (Å²) in [6.45, 7) is 4.30. The number of nitrogens with one attached hydrogen (secondary N) is 1. The van der Waals surface area contributed by atoms with E-state index in [4.69, 9.17) is 4.74 Å². The first-order chi connectivity index (χ1) is 13.7. The maximum Gasteiger partial charge on any atom is 0.308 e. The Labute approximate surface area is 169 Å². The van der Waals surface area contributed by atoms with E-state index >= 15 is 0 Å². The fraction of sp³-hybridized carbons (Fsp3) is 0.571. The van der Waals surface area contributed by atoms with Crippen LogP contribution >= 0.6 is 0 Å². The van der Waals surface area contributed by atoms with Crippen molar-refractivity contribution in [3.8, 4) is 0 Å². The molecule has 29 heavy (non-hydrogen) atoms. The molecular weight excluding hydrogens is 376 g/mol. The number of fused-ring (bicyclic) bond motifs is 1. The first kappa shape index (κ1) is 21.0. The van der Waals surface area contributed by atoms with E-state index in [9.17, 15) is 24.0 Å². The summed E-state index contributed by atoms with van der Waals surface area (Å²) in [4.78, 5) is 64.9. The molecule has 156 valence electrons. The molecule has 0 radical (unpaired) electrons. The van der Waals surface area contributed by atoms with Crippen molar-refractivity contribution in [2.24, 2.45) is 11.8 Å². The van der Waals surface area contributed by atoms with Gasteiger partial charge in [0.1, 0.15) is 0 Å². The topological polar surface area (TPSA) is 114 Å². The van der Waals surface area contributed by atoms with E-state index in [2.05, 4.69) is 4.98 Å². The van der Waals surface area contributed by atoms with Gasteiger partial charge in [-0.25, -0.2) is 0 Å². The normalized spacial score (nSPS) is 21.3. The number of Topliss-reactive ketones (excluding diaryl/α,β-unsaturated/α-hetero) is 2. The first-order valence-electron chi connectivity index (χ1n) is 9.96. The fourth-order valence-corrected chi connectivity index (χ4v) is 4.50. The Hall–Kier alpha value is -2.77. The summed E-state index contributed by atoms with van der Waals surface area (Å²) in [5, 5.41) is 0. The average Bonchev–Trinajstić information content (AvgIpc) is 3.12. The smallest absolute Gasteiger partial charge is 0.308 e. The van der Waals surface area contributed by atoms with Crippen molar-refractivity contribution in [3.63, 3.8) is 0 Å². The number of imide groups is 1. The van der Waals surface area contributed by atoms with Gasteiger partial charge in [0.15, 0.2) is 12.4 Å². The molecule has 1 N–H and O–H groups in total. The van der Waals surface area contributed by atoms with Gasteiger partial charge in [0.05, 0.1) is 24.0 Å². The minimum atomic E-state index is -0.651. The lowest BCUT2D eigenvalue weighted by molar-refractivity contribution is -0.145. The van der Waals surface area contributed by atoms with Crippen LogP contribution in [0.25, 0.3) is 0 Å². The summed E-state index contributed by atoms with van der Waals surface area (Å²) in [7, 11) is 0. The molecule has 2 aliphatic rings. The maximum atomic E-state index is 12.4. The number of H-pyrrole nitrogens is 1. The molecule has 1 aromatic heterocycles. The van der Waals surface area contributed by atoms with Crippen molar-refractivity contribution < 1.29 is 28.7 Å². The third kappa shape index (κ3) is 4.02. The molecule has 0 unspecified atom stereocenters. The van der Waals surface area contributed by atoms with Gasteiger partial charge in [-0.15, -0.1) is 0 Å². The van der Waals surface area contributed by atoms with Gasteiger partial charge in [0.25, 0.3) is 0 Å². The highest BCUT2D eigenvalue weighted by Gasteiger charge is 2.47. The van der Waals surface area contributed by atoms with E-state index in [1.165, 1.54) is 11.8 Å². The zero-order valence-electron chi connectivity index (χ0n) is 17.0. The van der Waals surface area contributed by atoms with Crippen LogP contribution < -0.4 is 0 Å². The standard InChI is InChI=1S/C21H26N2O6/c1-11-18(13(3)24)12(2)22-19(11)16(25)10-29-17(26)8-9-23-20(27)14-6-4-5-7-15(14)21(23)28/h14-15,22H,4-10H2,1-3H3/t14-,15-/m1/s1. The number of rotatable bonds is 7. The van der Waals surface area contributed by atoms with Crippen LogP contribution in [0.4, 0.5) is 0 Å². The fourth-order valence-electron chi connectivity index (χ4n) is 4.50. The molecule has 1 aliphatic heterocycles. The quantitative estimate of drug-likeness (QED) is 0.425. The molecule has 0 aromatic carbocycles. The van der Waals surface area contributed by atoms with Gasteiger partial charge in [-0.3, -0.25) is 28.9 Å². The molecule has 0 spiro atoms. The highest BCUT2D eigenvalue weighted by Crippen LogP contribution is 2.37. The Morgan fingerprint density at radius 3 is 2.17 bits per heavy atom. The van der Waals surface area contributed by atoms with Crippen LogP contribution in [-0.4, -0.2) is 52.4 Å². The van der Waals surface area contributed by atoms with Gasteiger partial charge in [0, 0.05) is 17.8 Å². The SMILES string of the molecule is CC(=O)c1c(C)[nH]c(C(=O)COC(=O)CCN2C(=O)[C@@H]3CCCC[C@H]3C2=O)c1C. The molecule has 1 saturated carbocycles. The van der Waals surface area contributed by atoms with E-state index < -0.39 is 18.4 Å². The Balaban J connectivity index is 1.52. The van der Waals surface area contributed by atoms with Crippen LogP contribution in [0.1, 0.15) is 71.1 Å². The van der Waals surface area contributed by atoms with E-state index in [0.29, 0.717) is 16.8 Å². The summed E-state index contributed by atoms with van der Waals surface area (Å²) in [5.41, 5.74) is 1.84. The van der Waals surface area contributed by atoms with E-state index in [1.54, 1.807) is 13.8 Å². The minimum Gasteiger partial charge on any atom is -0.457 e. The summed E-state index contributed by atoms with van der Waals surface area (Å²) < 4.78 is 5.03. The van der Waals surface area contributed by atoms with Crippen LogP contribution in [0.3, 0.4) is 0 Å². The van der Waals surface area contributed by atoms with Crippen molar-refractivity contribution in [1.29, 1.82) is 0 Å². The summed E-state index contributed by atoms with van der Waals surface area (Å²) >= 11 is 0. The number of carbonyl (C=O) groups is 5. The van der Waals surface area contributed by atoms with Crippen LogP contribution in [-0.2, 0) is 19.1 Å². The van der Waals surface area contributed by atoms with E-state index in [1.807, 2.05) is 0 Å². The lowest BCUT2D eigenvalue weighted by atomic mass is 9.81. The molecule has 8 heteroatoms. The number of esters is 1. The summed E-state index contributed by atoms with van der Waals surface area (Å²) in [6.07, 6.45) is 3.19. The molecule has 2 amide bonds. The molecule has 2 heterocycles. The number of carbonyl (C=O) groups excluding carboxylic acids is 5. The van der Waals surface area contributed by atoms with Crippen LogP contribution in [0.5, 0.6) is 0 Å². The Bertz CT molecular complexity index is 860. The number of likely N-dealkylation sites (tertiary alicyclic amines) is 1. The van der Waals surface area contributed by atoms with Crippen LogP contribution in [0, 0.1) is 25.7 Å². The minimum absolute atomic E-state index is 0.0210. The molecule has 8 nitrogen and oxygen atoms in total. The third-order valence-corrected chi connectivity index (χ3v) is 5.90. The summed E-state index contributed by atoms with van der Waals surface area (Å²) in [5.74, 6) is -2.12. The number of hydrogen-bond acceptors (Lipinski definition) is 6. The van der Waals surface area contributed by atoms with Gasteiger partial charge in [-0.1, -0.05) is 12.8 Å². The number of aromatic nitrogens is 1.